The molecule has 0 amide bonds. The van der Waals surface area contributed by atoms with Crippen LogP contribution in [0.15, 0.2) is 158 Å². The van der Waals surface area contributed by atoms with Crippen LogP contribution < -0.4 is 0 Å². The third-order valence-corrected chi connectivity index (χ3v) is 10.9. The van der Waals surface area contributed by atoms with E-state index in [1.165, 1.54) is 76.5 Å². The molecular weight excluding hydrogens is 629 g/mol. The zero-order valence-electron chi connectivity index (χ0n) is 29.3. The fourth-order valence-electron chi connectivity index (χ4n) is 8.24. The molecule has 0 aliphatic carbocycles. The minimum atomic E-state index is 0.847. The van der Waals surface area contributed by atoms with Crippen LogP contribution in [-0.4, -0.2) is 9.97 Å². The van der Waals surface area contributed by atoms with Crippen molar-refractivity contribution < 1.29 is 0 Å². The van der Waals surface area contributed by atoms with Crippen LogP contribution in [0.2, 0.25) is 0 Å². The zero-order valence-corrected chi connectivity index (χ0v) is 29.3. The Labute approximate surface area is 303 Å². The molecule has 0 N–H and O–H groups in total. The molecule has 0 spiro atoms. The maximum atomic E-state index is 5.20. The second-order valence-electron chi connectivity index (χ2n) is 13.9. The van der Waals surface area contributed by atoms with Crippen molar-refractivity contribution in [3.05, 3.63) is 169 Å². The predicted molar refractivity (Wildman–Crippen MR) is 222 cm³/mol. The average Bonchev–Trinajstić information content (AvgIpc) is 3.21. The van der Waals surface area contributed by atoms with E-state index in [4.69, 9.17) is 9.97 Å². The quantitative estimate of drug-likeness (QED) is 0.135. The zero-order chi connectivity index (χ0) is 34.8. The van der Waals surface area contributed by atoms with Gasteiger partial charge in [0.15, 0.2) is 0 Å². The molecule has 0 aliphatic rings. The molecule has 2 heterocycles. The van der Waals surface area contributed by atoms with E-state index in [9.17, 15) is 0 Å². The fourth-order valence-corrected chi connectivity index (χ4v) is 8.24. The molecule has 0 bridgehead atoms. The van der Waals surface area contributed by atoms with E-state index < -0.39 is 0 Å². The van der Waals surface area contributed by atoms with E-state index >= 15 is 0 Å². The van der Waals surface area contributed by atoms with Gasteiger partial charge >= 0.3 is 0 Å². The largest absolute Gasteiger partial charge is 0.251 e. The van der Waals surface area contributed by atoms with Crippen LogP contribution in [-0.2, 0) is 12.8 Å². The summed E-state index contributed by atoms with van der Waals surface area (Å²) in [6, 6.07) is 58.2. The van der Waals surface area contributed by atoms with Crippen molar-refractivity contribution in [1.82, 2.24) is 9.97 Å². The van der Waals surface area contributed by atoms with Gasteiger partial charge in [-0.15, -0.1) is 0 Å². The molecular formula is C50H36N2. The molecule has 246 valence electrons. The summed E-state index contributed by atoms with van der Waals surface area (Å²) in [5, 5.41) is 12.2. The lowest BCUT2D eigenvalue weighted by molar-refractivity contribution is 1.05. The molecule has 0 aliphatic heterocycles. The highest BCUT2D eigenvalue weighted by Crippen LogP contribution is 2.46. The molecule has 8 aromatic carbocycles. The van der Waals surface area contributed by atoms with Crippen molar-refractivity contribution in [2.75, 3.05) is 0 Å². The Hall–Kier alpha value is -6.38. The Morgan fingerprint density at radius 1 is 0.346 bits per heavy atom. The van der Waals surface area contributed by atoms with Crippen molar-refractivity contribution in [3.63, 3.8) is 0 Å². The van der Waals surface area contributed by atoms with Gasteiger partial charge in [-0.25, -0.2) is 0 Å². The molecule has 0 radical (unpaired) electrons. The highest BCUT2D eigenvalue weighted by molar-refractivity contribution is 6.23. The van der Waals surface area contributed by atoms with Crippen molar-refractivity contribution >= 4 is 64.9 Å². The Morgan fingerprint density at radius 2 is 0.846 bits per heavy atom. The Bertz CT molecular complexity index is 3050. The van der Waals surface area contributed by atoms with Crippen molar-refractivity contribution in [2.24, 2.45) is 0 Å². The van der Waals surface area contributed by atoms with E-state index in [2.05, 4.69) is 172 Å². The third kappa shape index (κ3) is 4.86. The van der Waals surface area contributed by atoms with Gasteiger partial charge in [0, 0.05) is 22.2 Å². The van der Waals surface area contributed by atoms with Gasteiger partial charge in [-0.1, -0.05) is 141 Å². The lowest BCUT2D eigenvalue weighted by Crippen LogP contribution is -1.96. The van der Waals surface area contributed by atoms with Gasteiger partial charge in [-0.2, -0.15) is 0 Å². The van der Waals surface area contributed by atoms with Crippen LogP contribution in [0, 0.1) is 0 Å². The van der Waals surface area contributed by atoms with E-state index in [0.29, 0.717) is 0 Å². The lowest BCUT2D eigenvalue weighted by atomic mass is 9.84. The number of aromatic nitrogens is 2. The molecule has 52 heavy (non-hydrogen) atoms. The van der Waals surface area contributed by atoms with Gasteiger partial charge in [-0.05, 0) is 120 Å². The summed E-state index contributed by atoms with van der Waals surface area (Å²) in [6.07, 6.45) is 1.74. The first-order valence-electron chi connectivity index (χ1n) is 18.4. The minimum absolute atomic E-state index is 0.847. The second-order valence-corrected chi connectivity index (χ2v) is 13.9. The predicted octanol–water partition coefficient (Wildman–Crippen LogP) is 13.5. The molecule has 10 aromatic rings. The van der Waals surface area contributed by atoms with E-state index in [1.54, 1.807) is 0 Å². The Balaban J connectivity index is 1.32. The van der Waals surface area contributed by atoms with Crippen molar-refractivity contribution in [1.29, 1.82) is 0 Å². The van der Waals surface area contributed by atoms with Gasteiger partial charge < -0.3 is 0 Å². The van der Waals surface area contributed by atoms with Gasteiger partial charge in [0.25, 0.3) is 0 Å². The number of aryl methyl sites for hydroxylation is 2. The highest BCUT2D eigenvalue weighted by atomic mass is 14.8. The van der Waals surface area contributed by atoms with Crippen LogP contribution in [0.25, 0.3) is 98.3 Å². The number of benzene rings is 8. The van der Waals surface area contributed by atoms with Crippen molar-refractivity contribution in [3.8, 4) is 33.4 Å². The topological polar surface area (TPSA) is 25.8 Å². The summed E-state index contributed by atoms with van der Waals surface area (Å²) in [5.41, 5.74) is 11.5. The number of rotatable bonds is 5. The maximum Gasteiger partial charge on any atom is 0.0974 e. The average molecular weight is 665 g/mol. The van der Waals surface area contributed by atoms with Crippen LogP contribution >= 0.6 is 0 Å². The van der Waals surface area contributed by atoms with Gasteiger partial charge in [0.1, 0.15) is 0 Å². The second kappa shape index (κ2) is 12.1. The van der Waals surface area contributed by atoms with Gasteiger partial charge in [0.05, 0.1) is 11.0 Å². The third-order valence-electron chi connectivity index (χ3n) is 10.9. The van der Waals surface area contributed by atoms with E-state index in [-0.39, 0.29) is 0 Å². The molecule has 0 saturated heterocycles. The summed E-state index contributed by atoms with van der Waals surface area (Å²) in [6.45, 7) is 4.35. The van der Waals surface area contributed by atoms with E-state index in [1.807, 2.05) is 0 Å². The lowest BCUT2D eigenvalue weighted by Gasteiger charge is -2.20. The van der Waals surface area contributed by atoms with Gasteiger partial charge in [0.2, 0.25) is 0 Å². The standard InChI is InChI=1S/C50H36N2/c1-3-39-24-21-33-22-26-44-45(30-40(4-2)52-50(44)49(33)51-39)36-23-25-43-46(29-36)48(38-20-18-32-12-6-8-14-35(32)28-38)42-16-10-9-15-41(42)47(43)37-19-17-31-11-5-7-13-34(31)27-37/h5-30H,3-4H2,1-2H3. The fraction of sp³-hybridized carbons (Fsp3) is 0.0800. The van der Waals surface area contributed by atoms with Gasteiger partial charge in [-0.3, -0.25) is 9.97 Å². The Morgan fingerprint density at radius 3 is 1.50 bits per heavy atom. The number of nitrogens with zero attached hydrogens (tertiary/aromatic N) is 2. The molecule has 10 rings (SSSR count). The highest BCUT2D eigenvalue weighted by Gasteiger charge is 2.19. The minimum Gasteiger partial charge on any atom is -0.251 e. The monoisotopic (exact) mass is 664 g/mol. The van der Waals surface area contributed by atoms with Crippen LogP contribution in [0.5, 0.6) is 0 Å². The van der Waals surface area contributed by atoms with Crippen molar-refractivity contribution in [2.45, 2.75) is 26.7 Å². The number of pyridine rings is 2. The number of fused-ring (bicyclic) bond motifs is 7. The SMILES string of the molecule is CCc1ccc2ccc3c(-c4ccc5c(-c6ccc7ccccc7c6)c6ccccc6c(-c6ccc7ccccc7c6)c5c4)cc(CC)nc3c2n1. The first kappa shape index (κ1) is 30.4. The molecule has 2 aromatic heterocycles. The molecule has 2 heteroatoms. The molecule has 2 nitrogen and oxygen atoms in total. The van der Waals surface area contributed by atoms with Crippen LogP contribution in [0.4, 0.5) is 0 Å². The maximum absolute atomic E-state index is 5.20. The van der Waals surface area contributed by atoms with Crippen LogP contribution in [0.3, 0.4) is 0 Å². The summed E-state index contributed by atoms with van der Waals surface area (Å²) >= 11 is 0. The first-order valence-corrected chi connectivity index (χ1v) is 18.4. The molecule has 0 fully saturated rings. The smallest absolute Gasteiger partial charge is 0.0974 e. The first-order chi connectivity index (χ1) is 25.7. The summed E-state index contributed by atoms with van der Waals surface area (Å²) < 4.78 is 0. The number of hydrogen-bond donors (Lipinski definition) is 0. The summed E-state index contributed by atoms with van der Waals surface area (Å²) in [7, 11) is 0. The van der Waals surface area contributed by atoms with E-state index in [0.717, 1.165) is 46.0 Å². The normalized spacial score (nSPS) is 11.8. The Kier molecular flexibility index (Phi) is 7.11. The number of hydrogen-bond acceptors (Lipinski definition) is 2. The molecule has 0 unspecified atom stereocenters. The molecule has 0 saturated carbocycles. The summed E-state index contributed by atoms with van der Waals surface area (Å²) in [4.78, 5) is 10.3. The van der Waals surface area contributed by atoms with Crippen LogP contribution in [0.1, 0.15) is 25.2 Å². The summed E-state index contributed by atoms with van der Waals surface area (Å²) in [5.74, 6) is 0. The molecule has 0 atom stereocenters.